The number of hydrogen-bond donors (Lipinski definition) is 4. The van der Waals surface area contributed by atoms with Gasteiger partial charge in [-0.1, -0.05) is 12.6 Å². The monoisotopic (exact) mass is 509 g/mol. The van der Waals surface area contributed by atoms with E-state index in [-0.39, 0.29) is 54.6 Å². The molecular formula is C22H29Cl2N7O3. The van der Waals surface area contributed by atoms with E-state index >= 15 is 0 Å². The molecule has 2 aromatic rings. The Hall–Kier alpha value is -3.21. The van der Waals surface area contributed by atoms with Crippen LogP contribution >= 0.6 is 24.8 Å². The summed E-state index contributed by atoms with van der Waals surface area (Å²) in [5.74, 6) is -0.403. The summed E-state index contributed by atoms with van der Waals surface area (Å²) in [4.78, 5) is 38.3. The summed E-state index contributed by atoms with van der Waals surface area (Å²) in [6, 6.07) is 5.41. The molecule has 5 N–H and O–H groups in total. The molecule has 3 rings (SSSR count). The van der Waals surface area contributed by atoms with Gasteiger partial charge in [0, 0.05) is 36.2 Å². The Balaban J connectivity index is 0.00000289. The predicted molar refractivity (Wildman–Crippen MR) is 137 cm³/mol. The number of amidine groups is 1. The maximum atomic E-state index is 13.3. The van der Waals surface area contributed by atoms with Crippen molar-refractivity contribution >= 4 is 48.1 Å². The third-order valence-electron chi connectivity index (χ3n) is 5.20. The highest BCUT2D eigenvalue weighted by molar-refractivity contribution is 6.19. The van der Waals surface area contributed by atoms with Crippen molar-refractivity contribution in [2.24, 2.45) is 10.7 Å². The van der Waals surface area contributed by atoms with Gasteiger partial charge in [0.2, 0.25) is 5.91 Å². The van der Waals surface area contributed by atoms with Gasteiger partial charge in [0.05, 0.1) is 18.2 Å². The van der Waals surface area contributed by atoms with Crippen LogP contribution in [-0.4, -0.2) is 44.1 Å². The van der Waals surface area contributed by atoms with Crippen molar-refractivity contribution in [2.45, 2.75) is 39.7 Å². The first-order valence-corrected chi connectivity index (χ1v) is 10.2. The lowest BCUT2D eigenvalue weighted by molar-refractivity contribution is -0.128. The van der Waals surface area contributed by atoms with Crippen LogP contribution in [0.4, 0.5) is 5.82 Å². The SMILES string of the molecule is C=C1C(CC(=O)NO)=C(n2c(C)cnc(NCCc3cccc(C)n3)c2=O)C(N)=NC1C.Cl.Cl. The molecule has 0 saturated carbocycles. The third kappa shape index (κ3) is 6.22. The van der Waals surface area contributed by atoms with Crippen LogP contribution in [0.1, 0.15) is 30.4 Å². The van der Waals surface area contributed by atoms with E-state index in [4.69, 9.17) is 10.9 Å². The second-order valence-corrected chi connectivity index (χ2v) is 7.59. The van der Waals surface area contributed by atoms with Crippen LogP contribution < -0.4 is 22.1 Å². The summed E-state index contributed by atoms with van der Waals surface area (Å²) in [6.45, 7) is 9.88. The Morgan fingerprint density at radius 2 is 2.00 bits per heavy atom. The van der Waals surface area contributed by atoms with Crippen LogP contribution in [0.5, 0.6) is 0 Å². The van der Waals surface area contributed by atoms with Gasteiger partial charge >= 0.3 is 0 Å². The minimum absolute atomic E-state index is 0. The molecule has 0 aromatic carbocycles. The van der Waals surface area contributed by atoms with E-state index in [9.17, 15) is 9.59 Å². The van der Waals surface area contributed by atoms with E-state index in [1.54, 1.807) is 25.5 Å². The molecule has 0 aliphatic carbocycles. The highest BCUT2D eigenvalue weighted by Gasteiger charge is 2.28. The van der Waals surface area contributed by atoms with Crippen molar-refractivity contribution in [3.05, 3.63) is 69.6 Å². The maximum absolute atomic E-state index is 13.3. The van der Waals surface area contributed by atoms with Gasteiger partial charge in [-0.3, -0.25) is 29.3 Å². The third-order valence-corrected chi connectivity index (χ3v) is 5.20. The molecule has 10 nitrogen and oxygen atoms in total. The molecule has 0 saturated heterocycles. The molecule has 1 atom stereocenters. The summed E-state index contributed by atoms with van der Waals surface area (Å²) in [5, 5.41) is 12.1. The number of nitrogens with zero attached hydrogens (tertiary/aromatic N) is 4. The zero-order valence-corrected chi connectivity index (χ0v) is 20.8. The fraction of sp³-hybridized carbons (Fsp3) is 0.318. The van der Waals surface area contributed by atoms with Gasteiger partial charge in [0.1, 0.15) is 5.84 Å². The van der Waals surface area contributed by atoms with Crippen molar-refractivity contribution in [2.75, 3.05) is 11.9 Å². The first-order chi connectivity index (χ1) is 15.2. The Kier molecular flexibility index (Phi) is 10.4. The Morgan fingerprint density at radius 1 is 1.29 bits per heavy atom. The highest BCUT2D eigenvalue weighted by Crippen LogP contribution is 2.29. The van der Waals surface area contributed by atoms with Gasteiger partial charge in [0.25, 0.3) is 5.56 Å². The average molecular weight is 510 g/mol. The number of dihydropyridines is 1. The van der Waals surface area contributed by atoms with Crippen LogP contribution in [0.3, 0.4) is 0 Å². The van der Waals surface area contributed by atoms with Crippen molar-refractivity contribution in [1.82, 2.24) is 20.0 Å². The number of pyridine rings is 1. The molecule has 0 spiro atoms. The number of halogens is 2. The fourth-order valence-corrected chi connectivity index (χ4v) is 3.54. The molecule has 2 aromatic heterocycles. The number of rotatable bonds is 7. The number of aromatic nitrogens is 3. The number of amides is 1. The lowest BCUT2D eigenvalue weighted by Crippen LogP contribution is -2.36. The molecule has 3 heterocycles. The van der Waals surface area contributed by atoms with Gasteiger partial charge in [-0.2, -0.15) is 0 Å². The molecule has 1 amide bonds. The van der Waals surface area contributed by atoms with Crippen molar-refractivity contribution < 1.29 is 10.0 Å². The lowest BCUT2D eigenvalue weighted by atomic mass is 9.93. The molecule has 0 bridgehead atoms. The van der Waals surface area contributed by atoms with E-state index in [2.05, 4.69) is 26.9 Å². The van der Waals surface area contributed by atoms with E-state index in [0.29, 0.717) is 29.8 Å². The number of aliphatic imine (C=N–C) groups is 1. The Morgan fingerprint density at radius 3 is 2.65 bits per heavy atom. The zero-order chi connectivity index (χ0) is 23.4. The zero-order valence-electron chi connectivity index (χ0n) is 19.2. The van der Waals surface area contributed by atoms with Gasteiger partial charge < -0.3 is 11.1 Å². The minimum Gasteiger partial charge on any atom is -0.382 e. The lowest BCUT2D eigenvalue weighted by Gasteiger charge is -2.26. The molecule has 12 heteroatoms. The number of nitrogens with one attached hydrogen (secondary N) is 2. The standard InChI is InChI=1S/C22H27N7O3.2ClH/c1-12-6-5-7-16(26-12)8-9-24-21-22(31)29(13(2)11-25-21)19-17(10-18(30)28-32)14(3)15(4)27-20(19)23;;/h5-7,11,15,32H,3,8-10H2,1-2,4H3,(H2,23,27)(H,24,25)(H,28,30);2*1H. The molecule has 34 heavy (non-hydrogen) atoms. The van der Waals surface area contributed by atoms with Crippen LogP contribution in [0.25, 0.3) is 5.70 Å². The molecule has 1 aliphatic rings. The average Bonchev–Trinajstić information content (AvgIpc) is 2.75. The fourth-order valence-electron chi connectivity index (χ4n) is 3.54. The van der Waals surface area contributed by atoms with Crippen molar-refractivity contribution in [1.29, 1.82) is 0 Å². The number of hydrogen-bond acceptors (Lipinski definition) is 8. The summed E-state index contributed by atoms with van der Waals surface area (Å²) < 4.78 is 1.37. The number of carbonyl (C=O) groups is 1. The quantitative estimate of drug-likeness (QED) is 0.330. The van der Waals surface area contributed by atoms with Crippen LogP contribution in [0, 0.1) is 13.8 Å². The van der Waals surface area contributed by atoms with Gasteiger partial charge in [-0.25, -0.2) is 10.5 Å². The summed E-state index contributed by atoms with van der Waals surface area (Å²) in [5.41, 5.74) is 11.0. The number of hydroxylamine groups is 1. The molecule has 1 aliphatic heterocycles. The smallest absolute Gasteiger partial charge is 0.298 e. The van der Waals surface area contributed by atoms with E-state index in [0.717, 1.165) is 11.4 Å². The largest absolute Gasteiger partial charge is 0.382 e. The summed E-state index contributed by atoms with van der Waals surface area (Å²) in [7, 11) is 0. The second kappa shape index (κ2) is 12.3. The Bertz CT molecular complexity index is 1190. The first-order valence-electron chi connectivity index (χ1n) is 10.2. The van der Waals surface area contributed by atoms with Crippen molar-refractivity contribution in [3.63, 3.8) is 0 Å². The van der Waals surface area contributed by atoms with Gasteiger partial charge in [0.15, 0.2) is 5.82 Å². The van der Waals surface area contributed by atoms with Crippen LogP contribution in [0.2, 0.25) is 0 Å². The molecule has 1 unspecified atom stereocenters. The molecular weight excluding hydrogens is 481 g/mol. The predicted octanol–water partition coefficient (Wildman–Crippen LogP) is 2.18. The highest BCUT2D eigenvalue weighted by atomic mass is 35.5. The topological polar surface area (TPSA) is 148 Å². The number of aryl methyl sites for hydroxylation is 2. The second-order valence-electron chi connectivity index (χ2n) is 7.59. The first kappa shape index (κ1) is 28.8. The van der Waals surface area contributed by atoms with Gasteiger partial charge in [-0.05, 0) is 44.1 Å². The summed E-state index contributed by atoms with van der Waals surface area (Å²) >= 11 is 0. The van der Waals surface area contributed by atoms with Gasteiger partial charge in [-0.15, -0.1) is 24.8 Å². The summed E-state index contributed by atoms with van der Waals surface area (Å²) in [6.07, 6.45) is 1.94. The number of nitrogens with two attached hydrogens (primary N) is 1. The van der Waals surface area contributed by atoms with Crippen LogP contribution in [-0.2, 0) is 11.2 Å². The van der Waals surface area contributed by atoms with Crippen LogP contribution in [0.15, 0.2) is 51.9 Å². The van der Waals surface area contributed by atoms with Crippen molar-refractivity contribution in [3.8, 4) is 0 Å². The van der Waals surface area contributed by atoms with E-state index in [1.165, 1.54) is 4.57 Å². The Labute approximate surface area is 209 Å². The molecule has 0 radical (unpaired) electrons. The number of carbonyl (C=O) groups excluding carboxylic acids is 1. The maximum Gasteiger partial charge on any atom is 0.298 e. The minimum atomic E-state index is -0.649. The molecule has 184 valence electrons. The normalized spacial score (nSPS) is 15.1. The number of anilines is 1. The van der Waals surface area contributed by atoms with E-state index in [1.807, 2.05) is 25.1 Å². The van der Waals surface area contributed by atoms with E-state index < -0.39 is 11.5 Å². The molecule has 0 fully saturated rings.